The van der Waals surface area contributed by atoms with Crippen LogP contribution in [0.25, 0.3) is 0 Å². The minimum absolute atomic E-state index is 0.149. The van der Waals surface area contributed by atoms with Gasteiger partial charge in [-0.05, 0) is 31.5 Å². The van der Waals surface area contributed by atoms with Crippen molar-refractivity contribution in [1.29, 1.82) is 0 Å². The fraction of sp³-hybridized carbons (Fsp3) is 0.412. The highest BCUT2D eigenvalue weighted by Gasteiger charge is 2.32. The van der Waals surface area contributed by atoms with E-state index in [0.29, 0.717) is 24.5 Å². The van der Waals surface area contributed by atoms with E-state index >= 15 is 0 Å². The molecule has 0 spiro atoms. The smallest absolute Gasteiger partial charge is 0.338 e. The summed E-state index contributed by atoms with van der Waals surface area (Å²) in [7, 11) is 1.53. The van der Waals surface area contributed by atoms with E-state index in [0.717, 1.165) is 11.3 Å². The first-order valence-electron chi connectivity index (χ1n) is 7.74. The van der Waals surface area contributed by atoms with Gasteiger partial charge in [0.2, 0.25) is 0 Å². The minimum Gasteiger partial charge on any atom is -0.494 e. The van der Waals surface area contributed by atoms with E-state index < -0.39 is 12.0 Å². The Morgan fingerprint density at radius 3 is 2.54 bits per heavy atom. The summed E-state index contributed by atoms with van der Waals surface area (Å²) in [6.07, 6.45) is 0. The van der Waals surface area contributed by atoms with E-state index in [-0.39, 0.29) is 12.6 Å². The summed E-state index contributed by atoms with van der Waals surface area (Å²) < 4.78 is 15.5. The largest absolute Gasteiger partial charge is 0.494 e. The zero-order chi connectivity index (χ0) is 17.5. The van der Waals surface area contributed by atoms with Crippen LogP contribution in [-0.2, 0) is 14.3 Å². The zero-order valence-electron chi connectivity index (χ0n) is 14.0. The molecule has 2 amide bonds. The van der Waals surface area contributed by atoms with Gasteiger partial charge in [0.1, 0.15) is 12.4 Å². The molecule has 1 heterocycles. The fourth-order valence-corrected chi connectivity index (χ4v) is 2.43. The van der Waals surface area contributed by atoms with Crippen LogP contribution < -0.4 is 15.4 Å². The molecule has 0 aromatic heterocycles. The highest BCUT2D eigenvalue weighted by molar-refractivity contribution is 5.95. The SMILES string of the molecule is CCOc1ccc(C2NC(=O)NC(C)=C2C(=O)OCCOC)cc1. The Morgan fingerprint density at radius 2 is 1.92 bits per heavy atom. The standard InChI is InChI=1S/C17H22N2O5/c1-4-23-13-7-5-12(6-8-13)15-14(11(2)18-17(21)19-15)16(20)24-10-9-22-3/h5-8,15H,4,9-10H2,1-3H3,(H2,18,19,21). The first-order valence-corrected chi connectivity index (χ1v) is 7.74. The third-order valence-corrected chi connectivity index (χ3v) is 3.53. The maximum atomic E-state index is 12.4. The molecule has 24 heavy (non-hydrogen) atoms. The molecular formula is C17H22N2O5. The second-order valence-electron chi connectivity index (χ2n) is 5.20. The highest BCUT2D eigenvalue weighted by atomic mass is 16.6. The number of methoxy groups -OCH3 is 1. The van der Waals surface area contributed by atoms with Crippen LogP contribution in [0.1, 0.15) is 25.5 Å². The molecule has 1 aromatic rings. The van der Waals surface area contributed by atoms with Gasteiger partial charge in [0.15, 0.2) is 0 Å². The predicted octanol–water partition coefficient (Wildman–Crippen LogP) is 1.90. The van der Waals surface area contributed by atoms with Crippen molar-refractivity contribution in [3.05, 3.63) is 41.1 Å². The predicted molar refractivity (Wildman–Crippen MR) is 87.6 cm³/mol. The van der Waals surface area contributed by atoms with E-state index in [1.807, 2.05) is 19.1 Å². The molecule has 0 saturated carbocycles. The van der Waals surface area contributed by atoms with E-state index in [1.54, 1.807) is 19.1 Å². The molecule has 0 bridgehead atoms. The second-order valence-corrected chi connectivity index (χ2v) is 5.20. The van der Waals surface area contributed by atoms with Crippen molar-refractivity contribution < 1.29 is 23.8 Å². The molecule has 0 saturated heterocycles. The van der Waals surface area contributed by atoms with Crippen LogP contribution in [0.15, 0.2) is 35.5 Å². The molecule has 2 N–H and O–H groups in total. The number of amides is 2. The molecule has 0 radical (unpaired) electrons. The molecule has 1 aliphatic heterocycles. The number of allylic oxidation sites excluding steroid dienone is 1. The number of nitrogens with one attached hydrogen (secondary N) is 2. The summed E-state index contributed by atoms with van der Waals surface area (Å²) in [5, 5.41) is 5.36. The van der Waals surface area contributed by atoms with Gasteiger partial charge in [-0.25, -0.2) is 9.59 Å². The van der Waals surface area contributed by atoms with Gasteiger partial charge in [0.05, 0.1) is 24.8 Å². The van der Waals surface area contributed by atoms with E-state index in [1.165, 1.54) is 7.11 Å². The molecule has 1 atom stereocenters. The van der Waals surface area contributed by atoms with Crippen LogP contribution in [0.5, 0.6) is 5.75 Å². The van der Waals surface area contributed by atoms with Crippen molar-refractivity contribution in [2.24, 2.45) is 0 Å². The van der Waals surface area contributed by atoms with Crippen molar-refractivity contribution in [2.75, 3.05) is 26.9 Å². The van der Waals surface area contributed by atoms with Crippen LogP contribution in [0.2, 0.25) is 0 Å². The van der Waals surface area contributed by atoms with Crippen molar-refractivity contribution in [2.45, 2.75) is 19.9 Å². The molecule has 130 valence electrons. The maximum absolute atomic E-state index is 12.4. The number of esters is 1. The average Bonchev–Trinajstić information content (AvgIpc) is 2.55. The minimum atomic E-state index is -0.579. The molecule has 0 fully saturated rings. The highest BCUT2D eigenvalue weighted by Crippen LogP contribution is 2.28. The monoisotopic (exact) mass is 334 g/mol. The zero-order valence-corrected chi connectivity index (χ0v) is 14.0. The van der Waals surface area contributed by atoms with Gasteiger partial charge < -0.3 is 24.8 Å². The van der Waals surface area contributed by atoms with Crippen molar-refractivity contribution in [3.8, 4) is 5.75 Å². The lowest BCUT2D eigenvalue weighted by molar-refractivity contribution is -0.140. The van der Waals surface area contributed by atoms with Crippen LogP contribution >= 0.6 is 0 Å². The molecule has 1 unspecified atom stereocenters. The van der Waals surface area contributed by atoms with E-state index in [9.17, 15) is 9.59 Å². The molecule has 0 aliphatic carbocycles. The van der Waals surface area contributed by atoms with Crippen LogP contribution in [0, 0.1) is 0 Å². The van der Waals surface area contributed by atoms with Crippen LogP contribution in [-0.4, -0.2) is 38.9 Å². The first kappa shape index (κ1) is 17.8. The summed E-state index contributed by atoms with van der Waals surface area (Å²) in [5.41, 5.74) is 1.61. The van der Waals surface area contributed by atoms with Crippen molar-refractivity contribution in [3.63, 3.8) is 0 Å². The van der Waals surface area contributed by atoms with Gasteiger partial charge in [-0.3, -0.25) is 0 Å². The number of carbonyl (C=O) groups excluding carboxylic acids is 2. The third-order valence-electron chi connectivity index (χ3n) is 3.53. The number of hydrogen-bond acceptors (Lipinski definition) is 5. The summed E-state index contributed by atoms with van der Waals surface area (Å²) in [6.45, 7) is 4.61. The number of urea groups is 1. The van der Waals surface area contributed by atoms with Gasteiger partial charge in [-0.15, -0.1) is 0 Å². The Labute approximate surface area is 141 Å². The van der Waals surface area contributed by atoms with E-state index in [2.05, 4.69) is 10.6 Å². The molecule has 7 heteroatoms. The molecule has 7 nitrogen and oxygen atoms in total. The Bertz CT molecular complexity index is 624. The van der Waals surface area contributed by atoms with Gasteiger partial charge in [0, 0.05) is 12.8 Å². The van der Waals surface area contributed by atoms with Crippen LogP contribution in [0.3, 0.4) is 0 Å². The van der Waals surface area contributed by atoms with Gasteiger partial charge >= 0.3 is 12.0 Å². The summed E-state index contributed by atoms with van der Waals surface area (Å²) in [4.78, 5) is 24.2. The fourth-order valence-electron chi connectivity index (χ4n) is 2.43. The van der Waals surface area contributed by atoms with Gasteiger partial charge in [-0.1, -0.05) is 12.1 Å². The van der Waals surface area contributed by atoms with Crippen molar-refractivity contribution >= 4 is 12.0 Å². The lowest BCUT2D eigenvalue weighted by Crippen LogP contribution is -2.45. The Balaban J connectivity index is 2.25. The van der Waals surface area contributed by atoms with E-state index in [4.69, 9.17) is 14.2 Å². The quantitative estimate of drug-likeness (QED) is 0.587. The van der Waals surface area contributed by atoms with Crippen molar-refractivity contribution in [1.82, 2.24) is 10.6 Å². The maximum Gasteiger partial charge on any atom is 0.338 e. The topological polar surface area (TPSA) is 85.9 Å². The Kier molecular flexibility index (Phi) is 6.20. The molecule has 1 aromatic carbocycles. The molecule has 2 rings (SSSR count). The number of ether oxygens (including phenoxy) is 3. The molecule has 1 aliphatic rings. The second kappa shape index (κ2) is 8.35. The average molecular weight is 334 g/mol. The summed E-state index contributed by atoms with van der Waals surface area (Å²) >= 11 is 0. The van der Waals surface area contributed by atoms with Gasteiger partial charge in [0.25, 0.3) is 0 Å². The summed E-state index contributed by atoms with van der Waals surface area (Å²) in [6, 6.07) is 6.30. The lowest BCUT2D eigenvalue weighted by Gasteiger charge is -2.28. The third kappa shape index (κ3) is 4.26. The normalized spacial score (nSPS) is 17.1. The number of hydrogen-bond donors (Lipinski definition) is 2. The number of rotatable bonds is 7. The molecular weight excluding hydrogens is 312 g/mol. The number of carbonyl (C=O) groups is 2. The van der Waals surface area contributed by atoms with Crippen LogP contribution in [0.4, 0.5) is 4.79 Å². The number of benzene rings is 1. The first-order chi connectivity index (χ1) is 11.6. The Hall–Kier alpha value is -2.54. The summed E-state index contributed by atoms with van der Waals surface area (Å²) in [5.74, 6) is 0.238. The Morgan fingerprint density at radius 1 is 1.21 bits per heavy atom. The van der Waals surface area contributed by atoms with Gasteiger partial charge in [-0.2, -0.15) is 0 Å². The lowest BCUT2D eigenvalue weighted by atomic mass is 9.95.